The highest BCUT2D eigenvalue weighted by atomic mass is 35.5. The van der Waals surface area contributed by atoms with E-state index in [-0.39, 0.29) is 24.3 Å². The minimum Gasteiger partial charge on any atom is -0.507 e. The first-order chi connectivity index (χ1) is 23.5. The van der Waals surface area contributed by atoms with Crippen LogP contribution in [-0.4, -0.2) is 44.7 Å². The number of rotatable bonds is 4. The topological polar surface area (TPSA) is 150 Å². The van der Waals surface area contributed by atoms with Crippen LogP contribution in [-0.2, 0) is 24.6 Å². The van der Waals surface area contributed by atoms with Crippen LogP contribution in [0.3, 0.4) is 0 Å². The molecule has 3 fully saturated rings. The number of aromatic hydroxyl groups is 1. The largest absolute Gasteiger partial charge is 0.507 e. The van der Waals surface area contributed by atoms with Gasteiger partial charge in [-0.1, -0.05) is 71.8 Å². The van der Waals surface area contributed by atoms with Crippen molar-refractivity contribution in [2.45, 2.75) is 24.2 Å². The average Bonchev–Trinajstić information content (AvgIpc) is 3.47. The maximum absolute atomic E-state index is 15.2. The number of hydrazine groups is 1. The fourth-order valence-corrected chi connectivity index (χ4v) is 8.85. The van der Waals surface area contributed by atoms with Gasteiger partial charge < -0.3 is 10.8 Å². The Morgan fingerprint density at radius 2 is 1.61 bits per heavy atom. The lowest BCUT2D eigenvalue weighted by atomic mass is 9.49. The van der Waals surface area contributed by atoms with E-state index in [0.29, 0.717) is 32.0 Å². The fourth-order valence-electron chi connectivity index (χ4n) is 8.72. The Morgan fingerprint density at radius 3 is 2.33 bits per heavy atom. The lowest BCUT2D eigenvalue weighted by Crippen LogP contribution is -2.53. The Kier molecular flexibility index (Phi) is 6.90. The number of carbonyl (C=O) groups excluding carboxylic acids is 5. The molecule has 4 aliphatic rings. The van der Waals surface area contributed by atoms with Crippen LogP contribution in [0.4, 0.5) is 14.9 Å². The molecular weight excluding hydrogens is 651 g/mol. The number of halogens is 2. The summed E-state index contributed by atoms with van der Waals surface area (Å²) in [7, 11) is 0. The van der Waals surface area contributed by atoms with E-state index in [1.54, 1.807) is 42.5 Å². The first-order valence-electron chi connectivity index (χ1n) is 15.8. The molecule has 6 atom stereocenters. The fraction of sp³-hybridized carbons (Fsp3) is 0.216. The van der Waals surface area contributed by atoms with Crippen LogP contribution in [0.5, 0.6) is 5.75 Å². The van der Waals surface area contributed by atoms with Gasteiger partial charge in [0.05, 0.1) is 28.9 Å². The van der Waals surface area contributed by atoms with E-state index in [0.717, 1.165) is 10.4 Å². The molecule has 4 aromatic rings. The normalized spacial score (nSPS) is 27.6. The summed E-state index contributed by atoms with van der Waals surface area (Å²) >= 11 is 6.32. The van der Waals surface area contributed by atoms with Gasteiger partial charge >= 0.3 is 6.03 Å². The number of anilines is 1. The van der Waals surface area contributed by atoms with Crippen molar-refractivity contribution in [3.05, 3.63) is 119 Å². The van der Waals surface area contributed by atoms with Crippen molar-refractivity contribution in [3.63, 3.8) is 0 Å². The molecule has 2 heterocycles. The molecule has 2 aliphatic carbocycles. The van der Waals surface area contributed by atoms with Gasteiger partial charge in [0.25, 0.3) is 11.8 Å². The molecule has 0 radical (unpaired) electrons. The quantitative estimate of drug-likeness (QED) is 0.193. The van der Waals surface area contributed by atoms with Crippen molar-refractivity contribution in [1.29, 1.82) is 0 Å². The van der Waals surface area contributed by atoms with Gasteiger partial charge in [0.15, 0.2) is 0 Å². The van der Waals surface area contributed by atoms with Crippen molar-refractivity contribution in [2.24, 2.45) is 29.4 Å². The number of nitrogens with one attached hydrogen (secondary N) is 1. The summed E-state index contributed by atoms with van der Waals surface area (Å²) in [4.78, 5) is 69.7. The van der Waals surface area contributed by atoms with Gasteiger partial charge in [-0.15, -0.1) is 0 Å². The Hall–Kier alpha value is -5.55. The molecule has 246 valence electrons. The zero-order valence-corrected chi connectivity index (χ0v) is 26.4. The number of amides is 6. The van der Waals surface area contributed by atoms with Gasteiger partial charge in [-0.05, 0) is 66.1 Å². The van der Waals surface area contributed by atoms with Crippen molar-refractivity contribution < 1.29 is 33.5 Å². The number of phenols is 1. The Morgan fingerprint density at radius 1 is 0.898 bits per heavy atom. The molecule has 1 saturated carbocycles. The third-order valence-electron chi connectivity index (χ3n) is 10.7. The number of urea groups is 1. The summed E-state index contributed by atoms with van der Waals surface area (Å²) in [6.07, 6.45) is 1.86. The van der Waals surface area contributed by atoms with Crippen LogP contribution in [0.1, 0.15) is 29.9 Å². The van der Waals surface area contributed by atoms with Gasteiger partial charge in [-0.2, -0.15) is 9.91 Å². The molecular formula is C37H28ClFN4O6. The highest BCUT2D eigenvalue weighted by molar-refractivity contribution is 6.30. The first-order valence-corrected chi connectivity index (χ1v) is 16.2. The third-order valence-corrected chi connectivity index (χ3v) is 11.0. The number of primary amides is 1. The lowest BCUT2D eigenvalue weighted by Gasteiger charge is -2.50. The molecule has 0 aromatic heterocycles. The van der Waals surface area contributed by atoms with Crippen LogP contribution < -0.4 is 11.2 Å². The molecule has 2 saturated heterocycles. The molecule has 2 aliphatic heterocycles. The van der Waals surface area contributed by atoms with Crippen LogP contribution in [0.15, 0.2) is 96.6 Å². The Bertz CT molecular complexity index is 2150. The summed E-state index contributed by atoms with van der Waals surface area (Å²) in [5, 5.41) is 14.6. The number of nitrogens with two attached hydrogens (primary N) is 1. The average molecular weight is 679 g/mol. The van der Waals surface area contributed by atoms with Gasteiger partial charge in [-0.25, -0.2) is 9.18 Å². The van der Waals surface area contributed by atoms with Gasteiger partial charge in [0.1, 0.15) is 11.6 Å². The maximum atomic E-state index is 15.2. The lowest BCUT2D eigenvalue weighted by molar-refractivity contribution is -0.139. The van der Waals surface area contributed by atoms with Crippen LogP contribution in [0.25, 0.3) is 10.8 Å². The van der Waals surface area contributed by atoms with Crippen molar-refractivity contribution in [1.82, 2.24) is 9.91 Å². The summed E-state index contributed by atoms with van der Waals surface area (Å²) in [6.45, 7) is 0. The molecule has 4 N–H and O–H groups in total. The summed E-state index contributed by atoms with van der Waals surface area (Å²) < 4.78 is 13.8. The van der Waals surface area contributed by atoms with Crippen LogP contribution >= 0.6 is 11.6 Å². The molecule has 8 rings (SSSR count). The van der Waals surface area contributed by atoms with E-state index in [1.807, 2.05) is 24.3 Å². The van der Waals surface area contributed by atoms with E-state index in [2.05, 4.69) is 5.43 Å². The van der Waals surface area contributed by atoms with Crippen LogP contribution in [0, 0.1) is 29.5 Å². The molecule has 0 spiro atoms. The number of imide groups is 4. The van der Waals surface area contributed by atoms with Crippen molar-refractivity contribution >= 4 is 57.7 Å². The van der Waals surface area contributed by atoms with E-state index in [9.17, 15) is 28.7 Å². The van der Waals surface area contributed by atoms with Crippen molar-refractivity contribution in [3.8, 4) is 5.75 Å². The Labute approximate surface area is 283 Å². The Balaban J connectivity index is 1.39. The van der Waals surface area contributed by atoms with Crippen molar-refractivity contribution in [2.75, 3.05) is 5.43 Å². The minimum absolute atomic E-state index is 0.0295. The summed E-state index contributed by atoms with van der Waals surface area (Å²) in [6, 6.07) is 21.3. The maximum Gasteiger partial charge on any atom is 0.328 e. The van der Waals surface area contributed by atoms with Gasteiger partial charge in [0, 0.05) is 21.9 Å². The molecule has 6 amide bonds. The minimum atomic E-state index is -1.67. The number of allylic oxidation sites excluding steroid dienone is 2. The first kappa shape index (κ1) is 30.8. The highest BCUT2D eigenvalue weighted by Gasteiger charge is 2.70. The number of carbonyl (C=O) groups is 5. The summed E-state index contributed by atoms with van der Waals surface area (Å²) in [5.41, 5.74) is 8.36. The molecule has 12 heteroatoms. The zero-order valence-electron chi connectivity index (χ0n) is 25.7. The number of phenolic OH excluding ortho intramolecular Hbond substituents is 1. The standard InChI is InChI=1S/C37H28ClFN4O6/c38-20-8-6-19(7-9-20)37-28(33(46)43(35(37)48)41-22-12-10-21(39)11-13-22)17-27-24(15-16-25-29(27)34(47)42(32(25)45)36(40)49)30(37)26-14-5-18-3-1-2-4-23(18)31(26)44/h1-15,25,27-30,41,44H,16-17H2,(H2,40,49)/t25-,27+,28-,29-,30+,37+/m0/s1. The second-order valence-electron chi connectivity index (χ2n) is 12.9. The second kappa shape index (κ2) is 11.0. The van der Waals surface area contributed by atoms with Gasteiger partial charge in [-0.3, -0.25) is 24.6 Å². The van der Waals surface area contributed by atoms with E-state index in [1.165, 1.54) is 24.3 Å². The number of fused-ring (bicyclic) bond motifs is 5. The molecule has 0 bridgehead atoms. The number of hydrogen-bond donors (Lipinski definition) is 3. The smallest absolute Gasteiger partial charge is 0.328 e. The monoisotopic (exact) mass is 678 g/mol. The van der Waals surface area contributed by atoms with Crippen LogP contribution in [0.2, 0.25) is 5.02 Å². The van der Waals surface area contributed by atoms with E-state index >= 15 is 4.79 Å². The molecule has 49 heavy (non-hydrogen) atoms. The molecule has 4 aromatic carbocycles. The SMILES string of the molecule is NC(=O)N1C(=O)[C@H]2[C@H](CC=C3[C@H]2C[C@H]2C(=O)N(Nc4ccc(F)cc4)C(=O)[C@@]2(c2ccc(Cl)cc2)[C@H]3c2ccc3ccccc3c2O)C1=O. The van der Waals surface area contributed by atoms with E-state index in [4.69, 9.17) is 17.3 Å². The molecule has 0 unspecified atom stereocenters. The zero-order chi connectivity index (χ0) is 34.4. The van der Waals surface area contributed by atoms with E-state index < -0.39 is 70.5 Å². The van der Waals surface area contributed by atoms with Gasteiger partial charge in [0.2, 0.25) is 11.8 Å². The highest BCUT2D eigenvalue weighted by Crippen LogP contribution is 2.65. The second-order valence-corrected chi connectivity index (χ2v) is 13.4. The molecule has 10 nitrogen and oxygen atoms in total. The predicted octanol–water partition coefficient (Wildman–Crippen LogP) is 5.40. The number of nitrogens with zero attached hydrogens (tertiary/aromatic N) is 2. The summed E-state index contributed by atoms with van der Waals surface area (Å²) in [5.74, 6) is -8.09. The number of benzene rings is 4. The number of likely N-dealkylation sites (tertiary alicyclic amines) is 1. The third kappa shape index (κ3) is 4.28. The predicted molar refractivity (Wildman–Crippen MR) is 176 cm³/mol. The number of hydrogen-bond acceptors (Lipinski definition) is 7.